The number of fused-ring (bicyclic) bond motifs is 2. The third kappa shape index (κ3) is 6.17. The number of aromatic nitrogens is 1. The average Bonchev–Trinajstić information content (AvgIpc) is 3.37. The van der Waals surface area contributed by atoms with Crippen molar-refractivity contribution in [2.75, 3.05) is 42.9 Å². The van der Waals surface area contributed by atoms with Gasteiger partial charge < -0.3 is 4.90 Å². The van der Waals surface area contributed by atoms with Gasteiger partial charge in [-0.3, -0.25) is 14.0 Å². The van der Waals surface area contributed by atoms with E-state index in [2.05, 4.69) is 24.0 Å². The van der Waals surface area contributed by atoms with Gasteiger partial charge in [0.05, 0.1) is 20.8 Å². The molecule has 0 saturated heterocycles. The number of benzene rings is 3. The van der Waals surface area contributed by atoms with Gasteiger partial charge in [-0.2, -0.15) is 0 Å². The number of sulfonamides is 1. The van der Waals surface area contributed by atoms with E-state index >= 15 is 0 Å². The Morgan fingerprint density at radius 2 is 1.77 bits per heavy atom. The van der Waals surface area contributed by atoms with Crippen molar-refractivity contribution in [2.24, 2.45) is 0 Å². The largest absolute Gasteiger partial charge is 0.309 e. The average molecular weight is 599 g/mol. The van der Waals surface area contributed by atoms with Crippen LogP contribution in [0.2, 0.25) is 0 Å². The Hall–Kier alpha value is -2.98. The lowest BCUT2D eigenvalue weighted by Gasteiger charge is -2.30. The summed E-state index contributed by atoms with van der Waals surface area (Å²) < 4.78 is 29.7. The maximum absolute atomic E-state index is 13.8. The zero-order valence-electron chi connectivity index (χ0n) is 23.0. The monoisotopic (exact) mass is 598 g/mol. The molecule has 40 heavy (non-hydrogen) atoms. The van der Waals surface area contributed by atoms with Gasteiger partial charge in [-0.1, -0.05) is 42.5 Å². The number of hydrogen-bond acceptors (Lipinski definition) is 6. The predicted octanol–water partition coefficient (Wildman–Crippen LogP) is 6.02. The third-order valence-corrected chi connectivity index (χ3v) is 9.94. The Balaban J connectivity index is 0.00000370. The minimum Gasteiger partial charge on any atom is -0.309 e. The van der Waals surface area contributed by atoms with Crippen molar-refractivity contribution in [3.05, 3.63) is 83.4 Å². The lowest BCUT2D eigenvalue weighted by molar-refractivity contribution is 0.0986. The summed E-state index contributed by atoms with van der Waals surface area (Å²) in [5.41, 5.74) is 4.32. The molecule has 1 aliphatic rings. The fraction of sp³-hybridized carbons (Fsp3) is 0.333. The summed E-state index contributed by atoms with van der Waals surface area (Å²) in [6, 6.07) is 20.2. The van der Waals surface area contributed by atoms with Crippen molar-refractivity contribution in [1.29, 1.82) is 0 Å². The van der Waals surface area contributed by atoms with Gasteiger partial charge in [0, 0.05) is 18.7 Å². The summed E-state index contributed by atoms with van der Waals surface area (Å²) in [4.78, 5) is 22.5. The third-order valence-electron chi connectivity index (χ3n) is 7.07. The topological polar surface area (TPSA) is 73.8 Å². The summed E-state index contributed by atoms with van der Waals surface area (Å²) >= 11 is 1.51. The molecular weight excluding hydrogens is 564 g/mol. The fourth-order valence-corrected chi connectivity index (χ4v) is 7.52. The smallest absolute Gasteiger partial charge is 0.264 e. The molecule has 212 valence electrons. The maximum atomic E-state index is 13.8. The number of halogens is 1. The van der Waals surface area contributed by atoms with Crippen LogP contribution in [-0.4, -0.2) is 57.9 Å². The normalized spacial score (nSPS) is 13.2. The molecular formula is C30H35ClN4O3S2. The second-order valence-corrected chi connectivity index (χ2v) is 13.0. The number of carbonyl (C=O) groups excluding carboxylic acids is 1. The van der Waals surface area contributed by atoms with Crippen molar-refractivity contribution in [1.82, 2.24) is 9.88 Å². The second kappa shape index (κ2) is 12.7. The quantitative estimate of drug-likeness (QED) is 0.235. The summed E-state index contributed by atoms with van der Waals surface area (Å²) in [5, 5.41) is 0.656. The number of anilines is 2. The highest BCUT2D eigenvalue weighted by atomic mass is 35.5. The van der Waals surface area contributed by atoms with Crippen molar-refractivity contribution in [3.63, 3.8) is 0 Å². The second-order valence-electron chi connectivity index (χ2n) is 10.1. The van der Waals surface area contributed by atoms with Crippen LogP contribution in [0.15, 0.2) is 71.6 Å². The molecule has 0 atom stereocenters. The Bertz CT molecular complexity index is 1590. The highest BCUT2D eigenvalue weighted by molar-refractivity contribution is 7.92. The van der Waals surface area contributed by atoms with E-state index in [1.54, 1.807) is 29.2 Å². The van der Waals surface area contributed by atoms with Gasteiger partial charge in [0.1, 0.15) is 0 Å². The van der Waals surface area contributed by atoms with Crippen molar-refractivity contribution in [2.45, 2.75) is 37.5 Å². The molecule has 1 aliphatic heterocycles. The number of aryl methyl sites for hydroxylation is 2. The fourth-order valence-electron chi connectivity index (χ4n) is 4.92. The van der Waals surface area contributed by atoms with Crippen LogP contribution in [0.3, 0.4) is 0 Å². The van der Waals surface area contributed by atoms with E-state index in [9.17, 15) is 13.2 Å². The lowest BCUT2D eigenvalue weighted by atomic mass is 10.0. The van der Waals surface area contributed by atoms with Gasteiger partial charge in [0.2, 0.25) is 0 Å². The molecule has 0 fully saturated rings. The van der Waals surface area contributed by atoms with Gasteiger partial charge in [-0.05, 0) is 99.9 Å². The van der Waals surface area contributed by atoms with Crippen LogP contribution >= 0.6 is 23.7 Å². The molecule has 1 amide bonds. The van der Waals surface area contributed by atoms with Crippen LogP contribution in [0.25, 0.3) is 10.2 Å². The van der Waals surface area contributed by atoms with Crippen LogP contribution in [0.1, 0.15) is 41.3 Å². The van der Waals surface area contributed by atoms with E-state index in [-0.39, 0.29) is 23.2 Å². The van der Waals surface area contributed by atoms with E-state index in [1.807, 2.05) is 44.4 Å². The zero-order valence-corrected chi connectivity index (χ0v) is 25.5. The molecule has 0 aliphatic carbocycles. The van der Waals surface area contributed by atoms with E-state index < -0.39 is 10.0 Å². The first-order valence-corrected chi connectivity index (χ1v) is 15.6. The highest BCUT2D eigenvalue weighted by Crippen LogP contribution is 2.33. The van der Waals surface area contributed by atoms with E-state index in [1.165, 1.54) is 21.2 Å². The van der Waals surface area contributed by atoms with Gasteiger partial charge in [0.25, 0.3) is 15.9 Å². The molecule has 4 aromatic rings. The van der Waals surface area contributed by atoms with Crippen LogP contribution in [0.5, 0.6) is 0 Å². The number of nitrogens with zero attached hydrogens (tertiary/aromatic N) is 4. The highest BCUT2D eigenvalue weighted by Gasteiger charge is 2.29. The first kappa shape index (κ1) is 30.0. The molecule has 0 saturated carbocycles. The Kier molecular flexibility index (Phi) is 9.51. The number of thiazole rings is 1. The number of hydrogen-bond donors (Lipinski definition) is 0. The molecule has 0 spiro atoms. The van der Waals surface area contributed by atoms with Crippen LogP contribution < -0.4 is 9.21 Å². The SMILES string of the molecule is CCc1ccc2nc(N(CCCN(C)C)C(=O)c3ccc(S(=O)(=O)N4CCCc5ccccc54)cc3)sc2c1.Cl. The Morgan fingerprint density at radius 3 is 2.50 bits per heavy atom. The molecule has 10 heteroatoms. The van der Waals surface area contributed by atoms with Gasteiger partial charge in [-0.25, -0.2) is 13.4 Å². The Morgan fingerprint density at radius 1 is 1.02 bits per heavy atom. The van der Waals surface area contributed by atoms with E-state index in [0.29, 0.717) is 23.8 Å². The zero-order chi connectivity index (χ0) is 27.6. The van der Waals surface area contributed by atoms with E-state index in [4.69, 9.17) is 4.98 Å². The lowest BCUT2D eigenvalue weighted by Crippen LogP contribution is -2.35. The number of amides is 1. The van der Waals surface area contributed by atoms with Crippen LogP contribution in [0.4, 0.5) is 10.8 Å². The maximum Gasteiger partial charge on any atom is 0.264 e. The predicted molar refractivity (Wildman–Crippen MR) is 167 cm³/mol. The van der Waals surface area contributed by atoms with E-state index in [0.717, 1.165) is 53.7 Å². The molecule has 0 bridgehead atoms. The van der Waals surface area contributed by atoms with Gasteiger partial charge in [0.15, 0.2) is 5.13 Å². The van der Waals surface area contributed by atoms with Crippen LogP contribution in [0, 0.1) is 0 Å². The first-order valence-electron chi connectivity index (χ1n) is 13.3. The van der Waals surface area contributed by atoms with Crippen LogP contribution in [-0.2, 0) is 22.9 Å². The van der Waals surface area contributed by atoms with Gasteiger partial charge >= 0.3 is 0 Å². The minimum atomic E-state index is -3.75. The molecule has 5 rings (SSSR count). The van der Waals surface area contributed by atoms with Crippen molar-refractivity contribution < 1.29 is 13.2 Å². The molecule has 0 unspecified atom stereocenters. The molecule has 0 N–H and O–H groups in total. The molecule has 0 radical (unpaired) electrons. The standard InChI is InChI=1S/C30H34N4O3S2.ClH/c1-4-22-12-17-26-28(21-22)38-30(31-26)33(19-8-18-32(2)3)29(35)24-13-15-25(16-14-24)39(36,37)34-20-7-10-23-9-5-6-11-27(23)34;/h5-6,9,11-17,21H,4,7-8,10,18-20H2,1-3H3;1H. The number of rotatable bonds is 9. The van der Waals surface area contributed by atoms with Crippen molar-refractivity contribution in [3.8, 4) is 0 Å². The first-order chi connectivity index (χ1) is 18.8. The summed E-state index contributed by atoms with van der Waals surface area (Å²) in [6.07, 6.45) is 3.37. The molecule has 3 aromatic carbocycles. The van der Waals surface area contributed by atoms with Crippen molar-refractivity contribution >= 4 is 60.7 Å². The number of para-hydroxylation sites is 1. The Labute approximate surface area is 246 Å². The molecule has 1 aromatic heterocycles. The van der Waals surface area contributed by atoms with Gasteiger partial charge in [-0.15, -0.1) is 12.4 Å². The minimum absolute atomic E-state index is 0. The molecule has 2 heterocycles. The summed E-state index contributed by atoms with van der Waals surface area (Å²) in [7, 11) is 0.275. The summed E-state index contributed by atoms with van der Waals surface area (Å²) in [6.45, 7) is 3.91. The summed E-state index contributed by atoms with van der Waals surface area (Å²) in [5.74, 6) is -0.184. The molecule has 7 nitrogen and oxygen atoms in total. The number of carbonyl (C=O) groups is 1.